The molecule has 0 aromatic heterocycles. The van der Waals surface area contributed by atoms with E-state index in [0.717, 1.165) is 11.3 Å². The lowest BCUT2D eigenvalue weighted by atomic mass is 10.0. The Morgan fingerprint density at radius 2 is 2.00 bits per heavy atom. The van der Waals surface area contributed by atoms with Crippen LogP contribution in [0.15, 0.2) is 18.2 Å². The van der Waals surface area contributed by atoms with Crippen LogP contribution >= 0.6 is 11.6 Å². The number of halogens is 1. The van der Waals surface area contributed by atoms with Crippen LogP contribution in [0.1, 0.15) is 5.56 Å². The minimum atomic E-state index is -0.169. The van der Waals surface area contributed by atoms with E-state index >= 15 is 0 Å². The maximum absolute atomic E-state index is 8.99. The monoisotopic (exact) mass is 230 g/mol. The zero-order valence-corrected chi connectivity index (χ0v) is 9.37. The van der Waals surface area contributed by atoms with Gasteiger partial charge >= 0.3 is 0 Å². The number of hydrogen-bond donors (Lipinski definition) is 2. The van der Waals surface area contributed by atoms with Crippen molar-refractivity contribution in [2.24, 2.45) is 5.92 Å². The van der Waals surface area contributed by atoms with Crippen LogP contribution < -0.4 is 4.74 Å². The van der Waals surface area contributed by atoms with Crippen molar-refractivity contribution in [1.82, 2.24) is 0 Å². The highest BCUT2D eigenvalue weighted by Gasteiger charge is 2.11. The Bertz CT molecular complexity index is 311. The van der Waals surface area contributed by atoms with Gasteiger partial charge in [-0.15, -0.1) is 0 Å². The first kappa shape index (κ1) is 12.3. The summed E-state index contributed by atoms with van der Waals surface area (Å²) in [5.74, 6) is 0.559. The van der Waals surface area contributed by atoms with Gasteiger partial charge in [-0.05, 0) is 30.2 Å². The molecule has 0 spiro atoms. The average Bonchev–Trinajstić information content (AvgIpc) is 2.26. The molecule has 0 bridgehead atoms. The number of benzene rings is 1. The third-order valence-electron chi connectivity index (χ3n) is 2.27. The van der Waals surface area contributed by atoms with Crippen molar-refractivity contribution in [1.29, 1.82) is 0 Å². The molecule has 0 aliphatic carbocycles. The summed E-state index contributed by atoms with van der Waals surface area (Å²) in [7, 11) is 1.58. The van der Waals surface area contributed by atoms with Crippen molar-refractivity contribution in [3.63, 3.8) is 0 Å². The standard InChI is InChI=1S/C11H15ClO3/c1-15-11-3-2-10(12)5-9(11)4-8(6-13)7-14/h2-3,5,8,13-14H,4,6-7H2,1H3. The molecular weight excluding hydrogens is 216 g/mol. The molecule has 84 valence electrons. The lowest BCUT2D eigenvalue weighted by molar-refractivity contribution is 0.149. The van der Waals surface area contributed by atoms with E-state index in [0.29, 0.717) is 11.4 Å². The predicted octanol–water partition coefficient (Wildman–Crippen LogP) is 1.49. The zero-order valence-electron chi connectivity index (χ0n) is 8.61. The van der Waals surface area contributed by atoms with Crippen LogP contribution in [0.2, 0.25) is 5.02 Å². The Labute approximate surface area is 94.3 Å². The molecule has 0 fully saturated rings. The van der Waals surface area contributed by atoms with E-state index in [9.17, 15) is 0 Å². The zero-order chi connectivity index (χ0) is 11.3. The van der Waals surface area contributed by atoms with Crippen LogP contribution in [0.4, 0.5) is 0 Å². The Morgan fingerprint density at radius 1 is 1.33 bits per heavy atom. The van der Waals surface area contributed by atoms with Crippen LogP contribution in [0, 0.1) is 5.92 Å². The second-order valence-electron chi connectivity index (χ2n) is 3.39. The van der Waals surface area contributed by atoms with Crippen LogP contribution in [0.3, 0.4) is 0 Å². The summed E-state index contributed by atoms with van der Waals surface area (Å²) in [5.41, 5.74) is 0.901. The number of hydrogen-bond acceptors (Lipinski definition) is 3. The maximum Gasteiger partial charge on any atom is 0.122 e. The van der Waals surface area contributed by atoms with E-state index < -0.39 is 0 Å². The van der Waals surface area contributed by atoms with E-state index in [1.165, 1.54) is 0 Å². The van der Waals surface area contributed by atoms with Gasteiger partial charge < -0.3 is 14.9 Å². The van der Waals surface area contributed by atoms with E-state index in [4.69, 9.17) is 26.6 Å². The van der Waals surface area contributed by atoms with Crippen molar-refractivity contribution in [3.8, 4) is 5.75 Å². The molecule has 4 heteroatoms. The normalized spacial score (nSPS) is 10.7. The predicted molar refractivity (Wildman–Crippen MR) is 59.4 cm³/mol. The number of aliphatic hydroxyl groups excluding tert-OH is 2. The minimum absolute atomic E-state index is 0.0494. The fourth-order valence-corrected chi connectivity index (χ4v) is 1.60. The summed E-state index contributed by atoms with van der Waals surface area (Å²) in [5, 5.41) is 18.6. The van der Waals surface area contributed by atoms with E-state index in [1.807, 2.05) is 0 Å². The molecule has 1 aromatic rings. The van der Waals surface area contributed by atoms with Gasteiger partial charge in [-0.25, -0.2) is 0 Å². The Morgan fingerprint density at radius 3 is 2.53 bits per heavy atom. The van der Waals surface area contributed by atoms with Crippen LogP contribution in [0.5, 0.6) is 5.75 Å². The van der Waals surface area contributed by atoms with Crippen molar-refractivity contribution >= 4 is 11.6 Å². The molecule has 15 heavy (non-hydrogen) atoms. The van der Waals surface area contributed by atoms with Crippen LogP contribution in [-0.4, -0.2) is 30.5 Å². The molecule has 0 amide bonds. The lowest BCUT2D eigenvalue weighted by Crippen LogP contribution is -2.14. The van der Waals surface area contributed by atoms with Gasteiger partial charge in [0.2, 0.25) is 0 Å². The highest BCUT2D eigenvalue weighted by Crippen LogP contribution is 2.24. The molecule has 1 aromatic carbocycles. The van der Waals surface area contributed by atoms with E-state index in [1.54, 1.807) is 25.3 Å². The van der Waals surface area contributed by atoms with Crippen molar-refractivity contribution in [2.45, 2.75) is 6.42 Å². The van der Waals surface area contributed by atoms with Crippen LogP contribution in [-0.2, 0) is 6.42 Å². The molecule has 3 nitrogen and oxygen atoms in total. The van der Waals surface area contributed by atoms with Gasteiger partial charge in [0.05, 0.1) is 7.11 Å². The van der Waals surface area contributed by atoms with Crippen molar-refractivity contribution < 1.29 is 14.9 Å². The molecule has 0 saturated carbocycles. The van der Waals surface area contributed by atoms with E-state index in [2.05, 4.69) is 0 Å². The molecule has 0 aliphatic rings. The van der Waals surface area contributed by atoms with Gasteiger partial charge in [-0.3, -0.25) is 0 Å². The molecule has 0 radical (unpaired) electrons. The third kappa shape index (κ3) is 3.38. The highest BCUT2D eigenvalue weighted by molar-refractivity contribution is 6.30. The lowest BCUT2D eigenvalue weighted by Gasteiger charge is -2.13. The SMILES string of the molecule is COc1ccc(Cl)cc1CC(CO)CO. The summed E-state index contributed by atoms with van der Waals surface area (Å²) in [6.07, 6.45) is 0.552. The highest BCUT2D eigenvalue weighted by atomic mass is 35.5. The molecule has 0 unspecified atom stereocenters. The number of methoxy groups -OCH3 is 1. The fourth-order valence-electron chi connectivity index (χ4n) is 1.40. The number of rotatable bonds is 5. The maximum atomic E-state index is 8.99. The fraction of sp³-hybridized carbons (Fsp3) is 0.455. The van der Waals surface area contributed by atoms with Gasteiger partial charge in [0, 0.05) is 24.2 Å². The summed E-state index contributed by atoms with van der Waals surface area (Å²) in [6, 6.07) is 5.32. The summed E-state index contributed by atoms with van der Waals surface area (Å²) < 4.78 is 5.17. The molecule has 0 atom stereocenters. The first-order valence-electron chi connectivity index (χ1n) is 4.75. The second kappa shape index (κ2) is 5.95. The quantitative estimate of drug-likeness (QED) is 0.806. The third-order valence-corrected chi connectivity index (χ3v) is 2.50. The Hall–Kier alpha value is -0.770. The van der Waals surface area contributed by atoms with Crippen molar-refractivity contribution in [2.75, 3.05) is 20.3 Å². The van der Waals surface area contributed by atoms with Gasteiger partial charge in [0.25, 0.3) is 0 Å². The Kier molecular flexibility index (Phi) is 4.88. The smallest absolute Gasteiger partial charge is 0.122 e. The average molecular weight is 231 g/mol. The topological polar surface area (TPSA) is 49.7 Å². The van der Waals surface area contributed by atoms with Gasteiger partial charge in [-0.1, -0.05) is 11.6 Å². The second-order valence-corrected chi connectivity index (χ2v) is 3.83. The largest absolute Gasteiger partial charge is 0.496 e. The summed E-state index contributed by atoms with van der Waals surface area (Å²) in [4.78, 5) is 0. The van der Waals surface area contributed by atoms with E-state index in [-0.39, 0.29) is 19.1 Å². The van der Waals surface area contributed by atoms with Crippen molar-refractivity contribution in [3.05, 3.63) is 28.8 Å². The number of ether oxygens (including phenoxy) is 1. The molecular formula is C11H15ClO3. The molecule has 2 N–H and O–H groups in total. The first-order chi connectivity index (χ1) is 7.21. The first-order valence-corrected chi connectivity index (χ1v) is 5.13. The summed E-state index contributed by atoms with van der Waals surface area (Å²) in [6.45, 7) is -0.0989. The van der Waals surface area contributed by atoms with Crippen LogP contribution in [0.25, 0.3) is 0 Å². The van der Waals surface area contributed by atoms with Gasteiger partial charge in [0.1, 0.15) is 5.75 Å². The Balaban J connectivity index is 2.86. The minimum Gasteiger partial charge on any atom is -0.496 e. The number of aliphatic hydroxyl groups is 2. The van der Waals surface area contributed by atoms with Gasteiger partial charge in [0.15, 0.2) is 0 Å². The molecule has 0 heterocycles. The van der Waals surface area contributed by atoms with Gasteiger partial charge in [-0.2, -0.15) is 0 Å². The molecule has 0 saturated heterocycles. The molecule has 0 aliphatic heterocycles. The molecule has 1 rings (SSSR count). The summed E-state index contributed by atoms with van der Waals surface area (Å²) >= 11 is 5.86.